The average Bonchev–Trinajstić information content (AvgIpc) is 2.38. The fourth-order valence-electron chi connectivity index (χ4n) is 1.94. The number of hydrogen-bond acceptors (Lipinski definition) is 3. The lowest BCUT2D eigenvalue weighted by atomic mass is 10.1. The summed E-state index contributed by atoms with van der Waals surface area (Å²) in [4.78, 5) is 24.7. The third-order valence-electron chi connectivity index (χ3n) is 3.23. The molecule has 0 saturated carbocycles. The van der Waals surface area contributed by atoms with E-state index < -0.39 is 0 Å². The van der Waals surface area contributed by atoms with Gasteiger partial charge in [-0.2, -0.15) is 0 Å². The first-order chi connectivity index (χ1) is 9.88. The minimum Gasteiger partial charge on any atom is -0.342 e. The molecule has 0 spiro atoms. The molecule has 1 atom stereocenters. The highest BCUT2D eigenvalue weighted by Crippen LogP contribution is 2.13. The summed E-state index contributed by atoms with van der Waals surface area (Å²) < 4.78 is 0. The molecule has 0 aliphatic carbocycles. The van der Waals surface area contributed by atoms with Gasteiger partial charge >= 0.3 is 0 Å². The third kappa shape index (κ3) is 6.90. The van der Waals surface area contributed by atoms with Crippen molar-refractivity contribution in [2.45, 2.75) is 45.7 Å². The van der Waals surface area contributed by atoms with Crippen LogP contribution in [0, 0.1) is 0 Å². The van der Waals surface area contributed by atoms with Crippen LogP contribution in [-0.4, -0.2) is 29.8 Å². The molecule has 0 fully saturated rings. The van der Waals surface area contributed by atoms with Crippen molar-refractivity contribution in [3.05, 3.63) is 29.8 Å². The van der Waals surface area contributed by atoms with Crippen LogP contribution in [0.2, 0.25) is 0 Å². The predicted octanol–water partition coefficient (Wildman–Crippen LogP) is 2.12. The smallest absolute Gasteiger partial charge is 0.224 e. The first-order valence-corrected chi connectivity index (χ1v) is 7.24. The monoisotopic (exact) mass is 291 g/mol. The lowest BCUT2D eigenvalue weighted by molar-refractivity contribution is -0.128. The molecule has 1 unspecified atom stereocenters. The molecule has 0 saturated heterocycles. The van der Waals surface area contributed by atoms with Crippen molar-refractivity contribution in [3.8, 4) is 0 Å². The summed E-state index contributed by atoms with van der Waals surface area (Å²) in [6.07, 6.45) is 2.10. The summed E-state index contributed by atoms with van der Waals surface area (Å²) >= 11 is 0. The van der Waals surface area contributed by atoms with Gasteiger partial charge < -0.3 is 16.0 Å². The Morgan fingerprint density at radius 3 is 2.71 bits per heavy atom. The second-order valence-electron chi connectivity index (χ2n) is 5.49. The summed E-state index contributed by atoms with van der Waals surface area (Å²) in [6.45, 7) is 4.00. The number of rotatable bonds is 7. The molecule has 0 aromatic heterocycles. The molecular weight excluding hydrogens is 266 g/mol. The number of nitrogens with two attached hydrogens (primary N) is 1. The van der Waals surface area contributed by atoms with Crippen molar-refractivity contribution in [1.29, 1.82) is 0 Å². The Morgan fingerprint density at radius 1 is 1.38 bits per heavy atom. The lowest BCUT2D eigenvalue weighted by Gasteiger charge is -2.15. The van der Waals surface area contributed by atoms with Crippen molar-refractivity contribution < 1.29 is 9.59 Å². The molecule has 0 heterocycles. The maximum Gasteiger partial charge on any atom is 0.224 e. The normalized spacial score (nSPS) is 11.8. The maximum absolute atomic E-state index is 11.8. The second kappa shape index (κ2) is 8.42. The van der Waals surface area contributed by atoms with Crippen molar-refractivity contribution in [2.75, 3.05) is 12.4 Å². The third-order valence-corrected chi connectivity index (χ3v) is 3.23. The summed E-state index contributed by atoms with van der Waals surface area (Å²) in [5.74, 6) is 0.00747. The van der Waals surface area contributed by atoms with Crippen LogP contribution in [-0.2, 0) is 16.1 Å². The van der Waals surface area contributed by atoms with E-state index in [1.54, 1.807) is 11.9 Å². The van der Waals surface area contributed by atoms with E-state index in [4.69, 9.17) is 5.73 Å². The van der Waals surface area contributed by atoms with Crippen LogP contribution in [0.1, 0.15) is 38.7 Å². The van der Waals surface area contributed by atoms with E-state index in [2.05, 4.69) is 5.32 Å². The van der Waals surface area contributed by atoms with Crippen molar-refractivity contribution in [3.63, 3.8) is 0 Å². The highest BCUT2D eigenvalue weighted by atomic mass is 16.2. The SMILES string of the molecule is CC(=O)N(C)Cc1cccc(NC(=O)CCCC(C)N)c1. The van der Waals surface area contributed by atoms with Gasteiger partial charge in [0.15, 0.2) is 0 Å². The van der Waals surface area contributed by atoms with Crippen LogP contribution in [0.25, 0.3) is 0 Å². The van der Waals surface area contributed by atoms with Gasteiger partial charge in [0.25, 0.3) is 0 Å². The van der Waals surface area contributed by atoms with Crippen LogP contribution >= 0.6 is 0 Å². The minimum atomic E-state index is -0.00674. The molecule has 1 rings (SSSR count). The van der Waals surface area contributed by atoms with Crippen LogP contribution in [0.4, 0.5) is 5.69 Å². The fraction of sp³-hybridized carbons (Fsp3) is 0.500. The summed E-state index contributed by atoms with van der Waals surface area (Å²) in [7, 11) is 1.75. The van der Waals surface area contributed by atoms with Crippen molar-refractivity contribution in [1.82, 2.24) is 4.90 Å². The molecule has 5 nitrogen and oxygen atoms in total. The Balaban J connectivity index is 2.52. The molecule has 3 N–H and O–H groups in total. The van der Waals surface area contributed by atoms with Gasteiger partial charge in [0.1, 0.15) is 0 Å². The molecule has 1 aromatic rings. The van der Waals surface area contributed by atoms with Crippen LogP contribution < -0.4 is 11.1 Å². The van der Waals surface area contributed by atoms with Gasteiger partial charge in [-0.05, 0) is 37.5 Å². The van der Waals surface area contributed by atoms with Gasteiger partial charge in [0, 0.05) is 38.7 Å². The topological polar surface area (TPSA) is 75.4 Å². The number of anilines is 1. The average molecular weight is 291 g/mol. The molecule has 2 amide bonds. The number of nitrogens with one attached hydrogen (secondary N) is 1. The van der Waals surface area contributed by atoms with Gasteiger partial charge in [-0.15, -0.1) is 0 Å². The van der Waals surface area contributed by atoms with E-state index >= 15 is 0 Å². The number of carbonyl (C=O) groups is 2. The number of nitrogens with zero attached hydrogens (tertiary/aromatic N) is 1. The molecule has 1 aromatic carbocycles. The summed E-state index contributed by atoms with van der Waals surface area (Å²) in [5, 5.41) is 2.88. The predicted molar refractivity (Wildman–Crippen MR) is 84.7 cm³/mol. The Bertz CT molecular complexity index is 486. The highest BCUT2D eigenvalue weighted by Gasteiger charge is 2.06. The zero-order valence-electron chi connectivity index (χ0n) is 13.1. The first-order valence-electron chi connectivity index (χ1n) is 7.24. The summed E-state index contributed by atoms with van der Waals surface area (Å²) in [5.41, 5.74) is 7.40. The molecular formula is C16H25N3O2. The Morgan fingerprint density at radius 2 is 2.10 bits per heavy atom. The largest absolute Gasteiger partial charge is 0.342 e. The fourth-order valence-corrected chi connectivity index (χ4v) is 1.94. The van der Waals surface area contributed by atoms with E-state index in [1.807, 2.05) is 31.2 Å². The van der Waals surface area contributed by atoms with Gasteiger partial charge in [0.2, 0.25) is 11.8 Å². The van der Waals surface area contributed by atoms with E-state index in [1.165, 1.54) is 6.92 Å². The lowest BCUT2D eigenvalue weighted by Crippen LogP contribution is -2.23. The van der Waals surface area contributed by atoms with Gasteiger partial charge in [-0.1, -0.05) is 12.1 Å². The molecule has 0 aliphatic rings. The number of amides is 2. The molecule has 0 aliphatic heterocycles. The van der Waals surface area contributed by atoms with E-state index in [0.717, 1.165) is 24.1 Å². The molecule has 21 heavy (non-hydrogen) atoms. The Kier molecular flexibility index (Phi) is 6.88. The summed E-state index contributed by atoms with van der Waals surface area (Å²) in [6, 6.07) is 7.68. The van der Waals surface area contributed by atoms with E-state index in [9.17, 15) is 9.59 Å². The van der Waals surface area contributed by atoms with E-state index in [0.29, 0.717) is 13.0 Å². The zero-order chi connectivity index (χ0) is 15.8. The first kappa shape index (κ1) is 17.2. The number of hydrogen-bond donors (Lipinski definition) is 2. The van der Waals surface area contributed by atoms with Gasteiger partial charge in [-0.3, -0.25) is 9.59 Å². The highest BCUT2D eigenvalue weighted by molar-refractivity contribution is 5.90. The van der Waals surface area contributed by atoms with Gasteiger partial charge in [-0.25, -0.2) is 0 Å². The van der Waals surface area contributed by atoms with Crippen LogP contribution in [0.3, 0.4) is 0 Å². The maximum atomic E-state index is 11.8. The zero-order valence-corrected chi connectivity index (χ0v) is 13.1. The Hall–Kier alpha value is -1.88. The van der Waals surface area contributed by atoms with Crippen LogP contribution in [0.5, 0.6) is 0 Å². The molecule has 116 valence electrons. The van der Waals surface area contributed by atoms with Crippen molar-refractivity contribution in [2.24, 2.45) is 5.73 Å². The quantitative estimate of drug-likeness (QED) is 0.808. The minimum absolute atomic E-state index is 0.00674. The molecule has 0 bridgehead atoms. The van der Waals surface area contributed by atoms with E-state index in [-0.39, 0.29) is 17.9 Å². The van der Waals surface area contributed by atoms with Crippen LogP contribution in [0.15, 0.2) is 24.3 Å². The van der Waals surface area contributed by atoms with Gasteiger partial charge in [0.05, 0.1) is 0 Å². The number of carbonyl (C=O) groups excluding carboxylic acids is 2. The number of benzene rings is 1. The standard InChI is InChI=1S/C16H25N3O2/c1-12(17)6-4-9-16(21)18-15-8-5-7-14(10-15)11-19(3)13(2)20/h5,7-8,10,12H,4,6,9,11,17H2,1-3H3,(H,18,21). The molecule has 5 heteroatoms. The second-order valence-corrected chi connectivity index (χ2v) is 5.49. The molecule has 0 radical (unpaired) electrons. The van der Waals surface area contributed by atoms with Crippen molar-refractivity contribution >= 4 is 17.5 Å². The Labute approximate surface area is 126 Å².